The standard InChI is InChI=1S/C14H9BrN2O/c15-12-8-4-7-11(9-12)13-16-14(18-17-13)10-5-2-1-3-6-10/h1-9H. The minimum atomic E-state index is 0.533. The summed E-state index contributed by atoms with van der Waals surface area (Å²) >= 11 is 3.42. The number of benzene rings is 2. The van der Waals surface area contributed by atoms with Gasteiger partial charge in [0.1, 0.15) is 0 Å². The highest BCUT2D eigenvalue weighted by atomic mass is 79.9. The molecule has 1 aromatic heterocycles. The highest BCUT2D eigenvalue weighted by Gasteiger charge is 2.09. The zero-order chi connectivity index (χ0) is 12.4. The number of hydrogen-bond acceptors (Lipinski definition) is 3. The average molecular weight is 301 g/mol. The third kappa shape index (κ3) is 2.19. The Labute approximate surface area is 113 Å². The van der Waals surface area contributed by atoms with Crippen LogP contribution < -0.4 is 0 Å². The van der Waals surface area contributed by atoms with Gasteiger partial charge < -0.3 is 4.52 Å². The van der Waals surface area contributed by atoms with E-state index in [1.165, 1.54) is 0 Å². The Bertz CT molecular complexity index is 664. The number of hydrogen-bond donors (Lipinski definition) is 0. The molecule has 3 rings (SSSR count). The molecule has 1 heterocycles. The molecule has 0 N–H and O–H groups in total. The fourth-order valence-corrected chi connectivity index (χ4v) is 2.07. The van der Waals surface area contributed by atoms with Crippen LogP contribution in [0, 0.1) is 0 Å². The molecular weight excluding hydrogens is 292 g/mol. The summed E-state index contributed by atoms with van der Waals surface area (Å²) < 4.78 is 6.26. The quantitative estimate of drug-likeness (QED) is 0.713. The lowest BCUT2D eigenvalue weighted by atomic mass is 10.2. The second-order valence-electron chi connectivity index (χ2n) is 3.80. The van der Waals surface area contributed by atoms with Crippen molar-refractivity contribution in [3.05, 3.63) is 59.1 Å². The van der Waals surface area contributed by atoms with Crippen LogP contribution in [0.5, 0.6) is 0 Å². The molecule has 0 atom stereocenters. The van der Waals surface area contributed by atoms with Crippen molar-refractivity contribution < 1.29 is 4.52 Å². The average Bonchev–Trinajstić information content (AvgIpc) is 2.89. The van der Waals surface area contributed by atoms with Gasteiger partial charge in [0.25, 0.3) is 5.89 Å². The van der Waals surface area contributed by atoms with E-state index < -0.39 is 0 Å². The summed E-state index contributed by atoms with van der Waals surface area (Å²) in [5.74, 6) is 1.13. The maximum Gasteiger partial charge on any atom is 0.258 e. The van der Waals surface area contributed by atoms with E-state index in [2.05, 4.69) is 26.1 Å². The van der Waals surface area contributed by atoms with Gasteiger partial charge in [-0.05, 0) is 24.3 Å². The lowest BCUT2D eigenvalue weighted by molar-refractivity contribution is 0.432. The van der Waals surface area contributed by atoms with Crippen molar-refractivity contribution in [1.82, 2.24) is 10.1 Å². The number of nitrogens with zero attached hydrogens (tertiary/aromatic N) is 2. The van der Waals surface area contributed by atoms with Gasteiger partial charge in [-0.15, -0.1) is 0 Å². The fraction of sp³-hybridized carbons (Fsp3) is 0. The summed E-state index contributed by atoms with van der Waals surface area (Å²) in [6, 6.07) is 17.5. The first-order valence-corrected chi connectivity index (χ1v) is 6.27. The third-order valence-electron chi connectivity index (χ3n) is 2.53. The van der Waals surface area contributed by atoms with E-state index in [-0.39, 0.29) is 0 Å². The van der Waals surface area contributed by atoms with Crippen LogP contribution in [-0.4, -0.2) is 10.1 Å². The minimum Gasteiger partial charge on any atom is -0.334 e. The molecule has 0 aliphatic heterocycles. The zero-order valence-electron chi connectivity index (χ0n) is 9.38. The van der Waals surface area contributed by atoms with Crippen molar-refractivity contribution in [2.24, 2.45) is 0 Å². The highest BCUT2D eigenvalue weighted by Crippen LogP contribution is 2.23. The summed E-state index contributed by atoms with van der Waals surface area (Å²) in [6.45, 7) is 0. The molecule has 0 aliphatic carbocycles. The molecule has 88 valence electrons. The first kappa shape index (κ1) is 11.2. The van der Waals surface area contributed by atoms with Gasteiger partial charge in [0.2, 0.25) is 5.82 Å². The van der Waals surface area contributed by atoms with Crippen LogP contribution in [0.15, 0.2) is 63.6 Å². The summed E-state index contributed by atoms with van der Waals surface area (Å²) in [5, 5.41) is 4.00. The van der Waals surface area contributed by atoms with Gasteiger partial charge >= 0.3 is 0 Å². The van der Waals surface area contributed by atoms with E-state index in [0.29, 0.717) is 11.7 Å². The van der Waals surface area contributed by atoms with Crippen LogP contribution in [0.2, 0.25) is 0 Å². The Kier molecular flexibility index (Phi) is 2.94. The molecule has 3 nitrogen and oxygen atoms in total. The van der Waals surface area contributed by atoms with Gasteiger partial charge in [-0.2, -0.15) is 4.98 Å². The molecule has 0 saturated heterocycles. The molecule has 0 amide bonds. The van der Waals surface area contributed by atoms with Crippen LogP contribution in [0.1, 0.15) is 0 Å². The Morgan fingerprint density at radius 2 is 1.67 bits per heavy atom. The van der Waals surface area contributed by atoms with Gasteiger partial charge in [-0.3, -0.25) is 0 Å². The predicted molar refractivity (Wildman–Crippen MR) is 72.9 cm³/mol. The lowest BCUT2D eigenvalue weighted by Gasteiger charge is -1.94. The van der Waals surface area contributed by atoms with Gasteiger partial charge in [0.15, 0.2) is 0 Å². The summed E-state index contributed by atoms with van der Waals surface area (Å²) in [5.41, 5.74) is 1.85. The van der Waals surface area contributed by atoms with Crippen LogP contribution in [0.25, 0.3) is 22.8 Å². The minimum absolute atomic E-state index is 0.533. The van der Waals surface area contributed by atoms with Crippen LogP contribution in [0.3, 0.4) is 0 Å². The summed E-state index contributed by atoms with van der Waals surface area (Å²) in [7, 11) is 0. The zero-order valence-corrected chi connectivity index (χ0v) is 11.0. The lowest BCUT2D eigenvalue weighted by Crippen LogP contribution is -1.81. The Morgan fingerprint density at radius 1 is 0.889 bits per heavy atom. The van der Waals surface area contributed by atoms with Gasteiger partial charge in [-0.25, -0.2) is 0 Å². The molecule has 0 fully saturated rings. The number of rotatable bonds is 2. The molecular formula is C14H9BrN2O. The number of aromatic nitrogens is 2. The van der Waals surface area contributed by atoms with Crippen LogP contribution in [0.4, 0.5) is 0 Å². The normalized spacial score (nSPS) is 10.5. The summed E-state index contributed by atoms with van der Waals surface area (Å²) in [6.07, 6.45) is 0. The first-order chi connectivity index (χ1) is 8.83. The summed E-state index contributed by atoms with van der Waals surface area (Å²) in [4.78, 5) is 4.39. The maximum atomic E-state index is 5.27. The third-order valence-corrected chi connectivity index (χ3v) is 3.02. The Hall–Kier alpha value is -1.94. The molecule has 2 aromatic carbocycles. The fourth-order valence-electron chi connectivity index (χ4n) is 1.67. The molecule has 18 heavy (non-hydrogen) atoms. The van der Waals surface area contributed by atoms with Gasteiger partial charge in [-0.1, -0.05) is 51.4 Å². The molecule has 4 heteroatoms. The molecule has 3 aromatic rings. The molecule has 0 saturated carbocycles. The monoisotopic (exact) mass is 300 g/mol. The SMILES string of the molecule is Brc1cccc(-c2noc(-c3ccccc3)n2)c1. The predicted octanol–water partition coefficient (Wildman–Crippen LogP) is 4.17. The van der Waals surface area contributed by atoms with Crippen molar-refractivity contribution in [2.75, 3.05) is 0 Å². The van der Waals surface area contributed by atoms with E-state index in [9.17, 15) is 0 Å². The van der Waals surface area contributed by atoms with Crippen molar-refractivity contribution in [3.63, 3.8) is 0 Å². The van der Waals surface area contributed by atoms with Crippen molar-refractivity contribution in [1.29, 1.82) is 0 Å². The molecule has 0 aliphatic rings. The van der Waals surface area contributed by atoms with Gasteiger partial charge in [0, 0.05) is 15.6 Å². The maximum absolute atomic E-state index is 5.27. The van der Waals surface area contributed by atoms with Crippen LogP contribution >= 0.6 is 15.9 Å². The van der Waals surface area contributed by atoms with E-state index in [0.717, 1.165) is 15.6 Å². The highest BCUT2D eigenvalue weighted by molar-refractivity contribution is 9.10. The topological polar surface area (TPSA) is 38.9 Å². The van der Waals surface area contributed by atoms with Crippen molar-refractivity contribution in [3.8, 4) is 22.8 Å². The van der Waals surface area contributed by atoms with Crippen LogP contribution in [-0.2, 0) is 0 Å². The molecule has 0 bridgehead atoms. The van der Waals surface area contributed by atoms with E-state index in [4.69, 9.17) is 4.52 Å². The first-order valence-electron chi connectivity index (χ1n) is 5.48. The van der Waals surface area contributed by atoms with E-state index in [1.807, 2.05) is 54.6 Å². The van der Waals surface area contributed by atoms with Gasteiger partial charge in [0.05, 0.1) is 0 Å². The van der Waals surface area contributed by atoms with E-state index >= 15 is 0 Å². The molecule has 0 unspecified atom stereocenters. The number of halogens is 1. The molecule has 0 radical (unpaired) electrons. The van der Waals surface area contributed by atoms with E-state index in [1.54, 1.807) is 0 Å². The molecule has 0 spiro atoms. The van der Waals surface area contributed by atoms with Crippen molar-refractivity contribution in [2.45, 2.75) is 0 Å². The smallest absolute Gasteiger partial charge is 0.258 e. The second-order valence-corrected chi connectivity index (χ2v) is 4.72. The largest absolute Gasteiger partial charge is 0.334 e. The Morgan fingerprint density at radius 3 is 2.44 bits per heavy atom. The second kappa shape index (κ2) is 4.74. The Balaban J connectivity index is 2.00. The van der Waals surface area contributed by atoms with Crippen molar-refractivity contribution >= 4 is 15.9 Å².